The lowest BCUT2D eigenvalue weighted by Crippen LogP contribution is -2.07. The second kappa shape index (κ2) is 2.13. The number of hydrogen-bond donors (Lipinski definition) is 2. The Balaban J connectivity index is 2.41. The minimum Gasteiger partial charge on any atom is -0.394 e. The van der Waals surface area contributed by atoms with Crippen LogP contribution in [0, 0.1) is 0 Å². The van der Waals surface area contributed by atoms with Crippen molar-refractivity contribution in [2.45, 2.75) is 18.9 Å². The molecule has 0 saturated heterocycles. The molecule has 3 heteroatoms. The summed E-state index contributed by atoms with van der Waals surface area (Å²) in [6, 6.07) is 0.0926. The Kier molecular flexibility index (Phi) is 1.48. The van der Waals surface area contributed by atoms with Crippen LogP contribution in [0.1, 0.15) is 12.8 Å². The maximum Gasteiger partial charge on any atom is 0.0942 e. The van der Waals surface area contributed by atoms with Gasteiger partial charge in [0, 0.05) is 6.42 Å². The van der Waals surface area contributed by atoms with E-state index >= 15 is 0 Å². The standard InChI is InChI=1S/C5H10N2O/c6-5-2-1-4(3-8)7-5/h4,8H,1-3H2,(H2,6,7)/t4-/m0/s1. The molecule has 0 radical (unpaired) electrons. The van der Waals surface area contributed by atoms with Gasteiger partial charge in [-0.05, 0) is 6.42 Å². The molecule has 0 aromatic heterocycles. The molecular formula is C5H10N2O. The van der Waals surface area contributed by atoms with Crippen molar-refractivity contribution in [1.82, 2.24) is 0 Å². The van der Waals surface area contributed by atoms with Gasteiger partial charge in [-0.25, -0.2) is 0 Å². The van der Waals surface area contributed by atoms with Crippen LogP contribution < -0.4 is 5.73 Å². The van der Waals surface area contributed by atoms with Gasteiger partial charge in [-0.15, -0.1) is 0 Å². The van der Waals surface area contributed by atoms with Crippen LogP contribution in [-0.4, -0.2) is 23.6 Å². The second-order valence-corrected chi connectivity index (χ2v) is 2.00. The van der Waals surface area contributed by atoms with Crippen molar-refractivity contribution in [1.29, 1.82) is 0 Å². The highest BCUT2D eigenvalue weighted by Crippen LogP contribution is 2.08. The van der Waals surface area contributed by atoms with Gasteiger partial charge in [0.25, 0.3) is 0 Å². The van der Waals surface area contributed by atoms with E-state index in [1.54, 1.807) is 0 Å². The molecule has 3 nitrogen and oxygen atoms in total. The fourth-order valence-corrected chi connectivity index (χ4v) is 0.810. The van der Waals surface area contributed by atoms with Crippen LogP contribution in [0.15, 0.2) is 4.99 Å². The van der Waals surface area contributed by atoms with Gasteiger partial charge in [-0.3, -0.25) is 4.99 Å². The van der Waals surface area contributed by atoms with Gasteiger partial charge in [-0.1, -0.05) is 0 Å². The van der Waals surface area contributed by atoms with Crippen LogP contribution in [0.3, 0.4) is 0 Å². The van der Waals surface area contributed by atoms with E-state index in [2.05, 4.69) is 4.99 Å². The maximum atomic E-state index is 8.52. The normalized spacial score (nSPS) is 28.1. The van der Waals surface area contributed by atoms with Crippen LogP contribution in [0.5, 0.6) is 0 Å². The molecule has 0 fully saturated rings. The first-order valence-electron chi connectivity index (χ1n) is 2.76. The van der Waals surface area contributed by atoms with Crippen molar-refractivity contribution in [3.05, 3.63) is 0 Å². The highest BCUT2D eigenvalue weighted by atomic mass is 16.3. The Morgan fingerprint density at radius 2 is 2.62 bits per heavy atom. The molecule has 0 spiro atoms. The van der Waals surface area contributed by atoms with Gasteiger partial charge < -0.3 is 10.8 Å². The summed E-state index contributed by atoms with van der Waals surface area (Å²) in [5, 5.41) is 8.52. The van der Waals surface area contributed by atoms with Crippen molar-refractivity contribution >= 4 is 5.84 Å². The van der Waals surface area contributed by atoms with Crippen LogP contribution in [-0.2, 0) is 0 Å². The lowest BCUT2D eigenvalue weighted by Gasteiger charge is -1.95. The third-order valence-electron chi connectivity index (χ3n) is 1.29. The SMILES string of the molecule is NC1=N[C@H](CO)CC1. The molecular weight excluding hydrogens is 104 g/mol. The average molecular weight is 114 g/mol. The van der Waals surface area contributed by atoms with Crippen molar-refractivity contribution in [3.8, 4) is 0 Å². The quantitative estimate of drug-likeness (QED) is 0.482. The molecule has 3 N–H and O–H groups in total. The van der Waals surface area contributed by atoms with E-state index in [4.69, 9.17) is 10.8 Å². The van der Waals surface area contributed by atoms with Gasteiger partial charge >= 0.3 is 0 Å². The van der Waals surface area contributed by atoms with E-state index < -0.39 is 0 Å². The van der Waals surface area contributed by atoms with E-state index in [1.807, 2.05) is 0 Å². The Bertz CT molecular complexity index is 111. The third kappa shape index (κ3) is 0.980. The van der Waals surface area contributed by atoms with Gasteiger partial charge in [0.05, 0.1) is 18.5 Å². The molecule has 0 bridgehead atoms. The van der Waals surface area contributed by atoms with Gasteiger partial charge in [0.1, 0.15) is 0 Å². The van der Waals surface area contributed by atoms with Crippen molar-refractivity contribution in [3.63, 3.8) is 0 Å². The summed E-state index contributed by atoms with van der Waals surface area (Å²) in [6.07, 6.45) is 1.77. The fraction of sp³-hybridized carbons (Fsp3) is 0.800. The van der Waals surface area contributed by atoms with E-state index in [-0.39, 0.29) is 12.6 Å². The number of nitrogens with zero attached hydrogens (tertiary/aromatic N) is 1. The molecule has 1 aliphatic rings. The predicted molar refractivity (Wildman–Crippen MR) is 31.7 cm³/mol. The highest BCUT2D eigenvalue weighted by Gasteiger charge is 2.12. The van der Waals surface area contributed by atoms with Gasteiger partial charge in [0.15, 0.2) is 0 Å². The second-order valence-electron chi connectivity index (χ2n) is 2.00. The summed E-state index contributed by atoms with van der Waals surface area (Å²) < 4.78 is 0. The molecule has 0 unspecified atom stereocenters. The zero-order valence-electron chi connectivity index (χ0n) is 4.67. The summed E-state index contributed by atoms with van der Waals surface area (Å²) in [5.41, 5.74) is 5.34. The number of hydrogen-bond acceptors (Lipinski definition) is 3. The largest absolute Gasteiger partial charge is 0.394 e. The number of nitrogens with two attached hydrogens (primary N) is 1. The molecule has 1 atom stereocenters. The molecule has 1 aliphatic heterocycles. The molecule has 0 aromatic carbocycles. The van der Waals surface area contributed by atoms with Crippen molar-refractivity contribution in [2.24, 2.45) is 10.7 Å². The number of amidine groups is 1. The Labute approximate surface area is 48.2 Å². The summed E-state index contributed by atoms with van der Waals surface area (Å²) >= 11 is 0. The van der Waals surface area contributed by atoms with E-state index in [9.17, 15) is 0 Å². The zero-order chi connectivity index (χ0) is 5.98. The minimum absolute atomic E-state index is 0.0926. The minimum atomic E-state index is 0.0926. The number of rotatable bonds is 1. The molecule has 0 aromatic rings. The zero-order valence-corrected chi connectivity index (χ0v) is 4.67. The summed E-state index contributed by atoms with van der Waals surface area (Å²) in [4.78, 5) is 3.95. The molecule has 0 saturated carbocycles. The number of aliphatic imine (C=N–C) groups is 1. The number of aliphatic hydroxyl groups excluding tert-OH is 1. The van der Waals surface area contributed by atoms with Gasteiger partial charge in [-0.2, -0.15) is 0 Å². The summed E-state index contributed by atoms with van der Waals surface area (Å²) in [5.74, 6) is 0.684. The van der Waals surface area contributed by atoms with Crippen molar-refractivity contribution < 1.29 is 5.11 Å². The lowest BCUT2D eigenvalue weighted by atomic mass is 10.2. The first kappa shape index (κ1) is 5.56. The first-order chi connectivity index (χ1) is 3.83. The molecule has 1 heterocycles. The van der Waals surface area contributed by atoms with Gasteiger partial charge in [0.2, 0.25) is 0 Å². The number of aliphatic hydroxyl groups is 1. The summed E-state index contributed by atoms with van der Waals surface area (Å²) in [6.45, 7) is 0.140. The maximum absolute atomic E-state index is 8.52. The van der Waals surface area contributed by atoms with E-state index in [0.29, 0.717) is 5.84 Å². The smallest absolute Gasteiger partial charge is 0.0942 e. The Morgan fingerprint density at radius 3 is 2.88 bits per heavy atom. The molecule has 8 heavy (non-hydrogen) atoms. The van der Waals surface area contributed by atoms with Crippen LogP contribution in [0.25, 0.3) is 0 Å². The highest BCUT2D eigenvalue weighted by molar-refractivity contribution is 5.82. The Morgan fingerprint density at radius 1 is 1.88 bits per heavy atom. The molecule has 0 aliphatic carbocycles. The average Bonchev–Trinajstić information content (AvgIpc) is 2.14. The van der Waals surface area contributed by atoms with Crippen molar-refractivity contribution in [2.75, 3.05) is 6.61 Å². The van der Waals surface area contributed by atoms with Crippen LogP contribution in [0.4, 0.5) is 0 Å². The van der Waals surface area contributed by atoms with E-state index in [1.165, 1.54) is 0 Å². The third-order valence-corrected chi connectivity index (χ3v) is 1.29. The molecule has 46 valence electrons. The van der Waals surface area contributed by atoms with Crippen LogP contribution in [0.2, 0.25) is 0 Å². The molecule has 1 rings (SSSR count). The molecule has 0 amide bonds. The first-order valence-corrected chi connectivity index (χ1v) is 2.76. The Hall–Kier alpha value is -0.570. The monoisotopic (exact) mass is 114 g/mol. The van der Waals surface area contributed by atoms with E-state index in [0.717, 1.165) is 12.8 Å². The summed E-state index contributed by atoms with van der Waals surface area (Å²) in [7, 11) is 0. The topological polar surface area (TPSA) is 58.6 Å². The lowest BCUT2D eigenvalue weighted by molar-refractivity contribution is 0.267. The fourth-order valence-electron chi connectivity index (χ4n) is 0.810. The predicted octanol–water partition coefficient (Wildman–Crippen LogP) is -0.502. The van der Waals surface area contributed by atoms with Crippen LogP contribution >= 0.6 is 0 Å².